The minimum absolute atomic E-state index is 0.0752. The molecule has 0 saturated heterocycles. The van der Waals surface area contributed by atoms with Gasteiger partial charge < -0.3 is 15.8 Å². The number of para-hydroxylation sites is 1. The smallest absolute Gasteiger partial charge is 0.236 e. The maximum Gasteiger partial charge on any atom is 0.236 e. The molecule has 106 valence electrons. The van der Waals surface area contributed by atoms with E-state index in [9.17, 15) is 4.79 Å². The predicted octanol–water partition coefficient (Wildman–Crippen LogP) is 1.65. The molecule has 0 bridgehead atoms. The first-order valence-corrected chi connectivity index (χ1v) is 7.83. The molecule has 1 atom stereocenters. The maximum absolute atomic E-state index is 11.6. The average Bonchev–Trinajstić information content (AvgIpc) is 2.45. The molecule has 19 heavy (non-hydrogen) atoms. The van der Waals surface area contributed by atoms with Gasteiger partial charge in [0.2, 0.25) is 5.91 Å². The van der Waals surface area contributed by atoms with Gasteiger partial charge in [-0.1, -0.05) is 18.2 Å². The Kier molecular flexibility index (Phi) is 8.09. The van der Waals surface area contributed by atoms with Crippen LogP contribution in [0, 0.1) is 0 Å². The maximum atomic E-state index is 11.6. The highest BCUT2D eigenvalue weighted by Crippen LogP contribution is 2.08. The zero-order valence-electron chi connectivity index (χ0n) is 11.3. The second-order valence-corrected chi connectivity index (χ2v) is 5.18. The molecule has 1 aromatic carbocycles. The number of benzene rings is 1. The summed E-state index contributed by atoms with van der Waals surface area (Å²) in [6.07, 6.45) is 3.49. The van der Waals surface area contributed by atoms with E-state index in [0.29, 0.717) is 19.6 Å². The van der Waals surface area contributed by atoms with Gasteiger partial charge in [0.1, 0.15) is 5.75 Å². The van der Waals surface area contributed by atoms with E-state index in [0.717, 1.165) is 17.9 Å². The number of ether oxygens (including phenoxy) is 1. The molecule has 0 aliphatic heterocycles. The summed E-state index contributed by atoms with van der Waals surface area (Å²) in [6, 6.07) is 9.24. The van der Waals surface area contributed by atoms with Crippen molar-refractivity contribution in [1.29, 1.82) is 0 Å². The SMILES string of the molecule is CSCCC(N)C(=O)NCCCOc1ccccc1. The molecule has 4 nitrogen and oxygen atoms in total. The largest absolute Gasteiger partial charge is 0.494 e. The van der Waals surface area contributed by atoms with Crippen LogP contribution in [-0.4, -0.2) is 37.1 Å². The van der Waals surface area contributed by atoms with Crippen molar-refractivity contribution in [2.24, 2.45) is 5.73 Å². The highest BCUT2D eigenvalue weighted by molar-refractivity contribution is 7.98. The van der Waals surface area contributed by atoms with Crippen molar-refractivity contribution in [3.8, 4) is 5.75 Å². The van der Waals surface area contributed by atoms with E-state index in [-0.39, 0.29) is 5.91 Å². The van der Waals surface area contributed by atoms with Crippen LogP contribution in [-0.2, 0) is 4.79 Å². The Balaban J connectivity index is 2.05. The van der Waals surface area contributed by atoms with E-state index in [1.165, 1.54) is 0 Å². The molecule has 0 spiro atoms. The second kappa shape index (κ2) is 9.69. The second-order valence-electron chi connectivity index (χ2n) is 4.19. The Labute approximate surface area is 119 Å². The van der Waals surface area contributed by atoms with E-state index in [4.69, 9.17) is 10.5 Å². The molecule has 5 heteroatoms. The molecule has 1 amide bonds. The fourth-order valence-electron chi connectivity index (χ4n) is 1.50. The molecular weight excluding hydrogens is 260 g/mol. The van der Waals surface area contributed by atoms with Gasteiger partial charge in [0.05, 0.1) is 12.6 Å². The number of rotatable bonds is 9. The van der Waals surface area contributed by atoms with Gasteiger partial charge in [0, 0.05) is 6.54 Å². The van der Waals surface area contributed by atoms with Gasteiger partial charge in [-0.15, -0.1) is 0 Å². The summed E-state index contributed by atoms with van der Waals surface area (Å²) in [6.45, 7) is 1.18. The minimum atomic E-state index is -0.400. The lowest BCUT2D eigenvalue weighted by atomic mass is 10.2. The molecular formula is C14H22N2O2S. The lowest BCUT2D eigenvalue weighted by Crippen LogP contribution is -2.41. The molecule has 1 rings (SSSR count). The van der Waals surface area contributed by atoms with Gasteiger partial charge >= 0.3 is 0 Å². The standard InChI is InChI=1S/C14H22N2O2S/c1-19-11-8-13(15)14(17)16-9-5-10-18-12-6-3-2-4-7-12/h2-4,6-7,13H,5,8-11,15H2,1H3,(H,16,17). The molecule has 3 N–H and O–H groups in total. The van der Waals surface area contributed by atoms with Crippen molar-refractivity contribution < 1.29 is 9.53 Å². The van der Waals surface area contributed by atoms with Crippen LogP contribution >= 0.6 is 11.8 Å². The molecule has 1 unspecified atom stereocenters. The van der Waals surface area contributed by atoms with Gasteiger partial charge in [-0.25, -0.2) is 0 Å². The number of hydrogen-bond donors (Lipinski definition) is 2. The summed E-state index contributed by atoms with van der Waals surface area (Å²) in [5.74, 6) is 1.69. The number of nitrogens with two attached hydrogens (primary N) is 1. The van der Waals surface area contributed by atoms with Crippen LogP contribution in [0.4, 0.5) is 0 Å². The van der Waals surface area contributed by atoms with Gasteiger partial charge in [-0.05, 0) is 37.0 Å². The predicted molar refractivity (Wildman–Crippen MR) is 80.5 cm³/mol. The van der Waals surface area contributed by atoms with Crippen LogP contribution in [0.15, 0.2) is 30.3 Å². The summed E-state index contributed by atoms with van der Waals surface area (Å²) in [4.78, 5) is 11.6. The monoisotopic (exact) mass is 282 g/mol. The Hall–Kier alpha value is -1.20. The third-order valence-electron chi connectivity index (χ3n) is 2.60. The number of amides is 1. The third kappa shape index (κ3) is 7.08. The zero-order chi connectivity index (χ0) is 13.9. The highest BCUT2D eigenvalue weighted by atomic mass is 32.2. The molecule has 0 aliphatic rings. The van der Waals surface area contributed by atoms with E-state index in [1.54, 1.807) is 11.8 Å². The molecule has 0 saturated carbocycles. The first-order valence-electron chi connectivity index (χ1n) is 6.44. The number of thioether (sulfide) groups is 1. The number of carbonyl (C=O) groups is 1. The van der Waals surface area contributed by atoms with Gasteiger partial charge in [0.25, 0.3) is 0 Å². The Morgan fingerprint density at radius 3 is 2.84 bits per heavy atom. The molecule has 0 fully saturated rings. The normalized spacial score (nSPS) is 11.9. The van der Waals surface area contributed by atoms with E-state index < -0.39 is 6.04 Å². The molecule has 0 aliphatic carbocycles. The van der Waals surface area contributed by atoms with Crippen molar-refractivity contribution in [2.45, 2.75) is 18.9 Å². The van der Waals surface area contributed by atoms with E-state index in [2.05, 4.69) is 5.32 Å². The van der Waals surface area contributed by atoms with Gasteiger partial charge in [0.15, 0.2) is 0 Å². The fraction of sp³-hybridized carbons (Fsp3) is 0.500. The molecule has 0 radical (unpaired) electrons. The molecule has 1 aromatic rings. The number of hydrogen-bond acceptors (Lipinski definition) is 4. The first kappa shape index (κ1) is 15.9. The highest BCUT2D eigenvalue weighted by Gasteiger charge is 2.11. The minimum Gasteiger partial charge on any atom is -0.494 e. The molecule has 0 aromatic heterocycles. The van der Waals surface area contributed by atoms with Crippen molar-refractivity contribution in [2.75, 3.05) is 25.2 Å². The van der Waals surface area contributed by atoms with Gasteiger partial charge in [-0.3, -0.25) is 4.79 Å². The van der Waals surface area contributed by atoms with E-state index in [1.807, 2.05) is 36.6 Å². The van der Waals surface area contributed by atoms with Crippen LogP contribution < -0.4 is 15.8 Å². The number of carbonyl (C=O) groups excluding carboxylic acids is 1. The molecule has 0 heterocycles. The van der Waals surface area contributed by atoms with E-state index >= 15 is 0 Å². The lowest BCUT2D eigenvalue weighted by molar-refractivity contribution is -0.122. The van der Waals surface area contributed by atoms with Crippen LogP contribution in [0.5, 0.6) is 5.75 Å². The Morgan fingerprint density at radius 1 is 1.42 bits per heavy atom. The summed E-state index contributed by atoms with van der Waals surface area (Å²) in [5, 5.41) is 2.82. The lowest BCUT2D eigenvalue weighted by Gasteiger charge is -2.11. The summed E-state index contributed by atoms with van der Waals surface area (Å²) in [7, 11) is 0. The zero-order valence-corrected chi connectivity index (χ0v) is 12.1. The Morgan fingerprint density at radius 2 is 2.16 bits per heavy atom. The third-order valence-corrected chi connectivity index (χ3v) is 3.25. The van der Waals surface area contributed by atoms with Crippen LogP contribution in [0.1, 0.15) is 12.8 Å². The summed E-state index contributed by atoms with van der Waals surface area (Å²) < 4.78 is 5.53. The van der Waals surface area contributed by atoms with Crippen molar-refractivity contribution >= 4 is 17.7 Å². The summed E-state index contributed by atoms with van der Waals surface area (Å²) >= 11 is 1.70. The van der Waals surface area contributed by atoms with Gasteiger partial charge in [-0.2, -0.15) is 11.8 Å². The fourth-order valence-corrected chi connectivity index (χ4v) is 1.99. The summed E-state index contributed by atoms with van der Waals surface area (Å²) in [5.41, 5.74) is 5.75. The van der Waals surface area contributed by atoms with Crippen molar-refractivity contribution in [3.05, 3.63) is 30.3 Å². The van der Waals surface area contributed by atoms with Crippen LogP contribution in [0.3, 0.4) is 0 Å². The average molecular weight is 282 g/mol. The number of nitrogens with one attached hydrogen (secondary N) is 1. The van der Waals surface area contributed by atoms with Crippen molar-refractivity contribution in [3.63, 3.8) is 0 Å². The van der Waals surface area contributed by atoms with Crippen LogP contribution in [0.2, 0.25) is 0 Å². The first-order chi connectivity index (χ1) is 9.24. The quantitative estimate of drug-likeness (QED) is 0.676. The topological polar surface area (TPSA) is 64.4 Å². The van der Waals surface area contributed by atoms with Crippen molar-refractivity contribution in [1.82, 2.24) is 5.32 Å². The van der Waals surface area contributed by atoms with Crippen LogP contribution in [0.25, 0.3) is 0 Å². The Bertz CT molecular complexity index is 360.